The van der Waals surface area contributed by atoms with E-state index in [0.29, 0.717) is 10.8 Å². The molecule has 104 valence electrons. The Morgan fingerprint density at radius 3 is 2.50 bits per heavy atom. The summed E-state index contributed by atoms with van der Waals surface area (Å²) in [6.07, 6.45) is 0. The van der Waals surface area contributed by atoms with Gasteiger partial charge in [-0.1, -0.05) is 23.2 Å². The van der Waals surface area contributed by atoms with Gasteiger partial charge in [0.2, 0.25) is 5.78 Å². The van der Waals surface area contributed by atoms with Gasteiger partial charge in [0, 0.05) is 6.07 Å². The molecule has 0 atom stereocenters. The fourth-order valence-corrected chi connectivity index (χ4v) is 1.79. The third-order valence-electron chi connectivity index (χ3n) is 2.49. The molecule has 0 aliphatic rings. The number of carbonyl (C=O) groups excluding carboxylic acids is 1. The second-order valence-electron chi connectivity index (χ2n) is 3.91. The zero-order valence-corrected chi connectivity index (χ0v) is 11.5. The number of hydrogen-bond acceptors (Lipinski definition) is 2. The zero-order valence-electron chi connectivity index (χ0n) is 10.00. The Morgan fingerprint density at radius 1 is 1.05 bits per heavy atom. The molecule has 0 fully saturated rings. The van der Waals surface area contributed by atoms with Crippen LogP contribution in [0, 0.1) is 11.6 Å². The Labute approximate surface area is 123 Å². The molecule has 0 unspecified atom stereocenters. The zero-order chi connectivity index (χ0) is 14.7. The molecule has 0 bridgehead atoms. The molecular formula is C14H8Cl2F2O2. The largest absolute Gasteiger partial charge is 0.485 e. The van der Waals surface area contributed by atoms with E-state index in [9.17, 15) is 13.6 Å². The molecule has 20 heavy (non-hydrogen) atoms. The minimum absolute atomic E-state index is 0.272. The van der Waals surface area contributed by atoms with Gasteiger partial charge >= 0.3 is 0 Å². The first-order chi connectivity index (χ1) is 9.47. The van der Waals surface area contributed by atoms with Crippen LogP contribution >= 0.6 is 23.2 Å². The molecular weight excluding hydrogens is 309 g/mol. The predicted molar refractivity (Wildman–Crippen MR) is 72.6 cm³/mol. The van der Waals surface area contributed by atoms with Gasteiger partial charge < -0.3 is 4.74 Å². The molecule has 6 heteroatoms. The van der Waals surface area contributed by atoms with Gasteiger partial charge in [0.25, 0.3) is 0 Å². The Morgan fingerprint density at radius 2 is 1.80 bits per heavy atom. The fourth-order valence-electron chi connectivity index (χ4n) is 1.50. The number of Topliss-reactive ketones (excluding diaryl/α,β-unsaturated/α-hetero) is 1. The van der Waals surface area contributed by atoms with E-state index in [-0.39, 0.29) is 10.6 Å². The lowest BCUT2D eigenvalue weighted by Crippen LogP contribution is -2.13. The molecule has 2 rings (SSSR count). The maximum Gasteiger partial charge on any atom is 0.203 e. The van der Waals surface area contributed by atoms with Gasteiger partial charge in [0.05, 0.1) is 15.6 Å². The highest BCUT2D eigenvalue weighted by molar-refractivity contribution is 6.42. The minimum atomic E-state index is -0.797. The first-order valence-electron chi connectivity index (χ1n) is 5.53. The summed E-state index contributed by atoms with van der Waals surface area (Å²) in [5.41, 5.74) is -0.356. The average molecular weight is 317 g/mol. The molecule has 0 aliphatic heterocycles. The molecule has 0 aliphatic carbocycles. The van der Waals surface area contributed by atoms with E-state index in [4.69, 9.17) is 27.9 Å². The summed E-state index contributed by atoms with van der Waals surface area (Å²) >= 11 is 11.5. The average Bonchev–Trinajstić information content (AvgIpc) is 2.42. The van der Waals surface area contributed by atoms with Crippen molar-refractivity contribution in [2.24, 2.45) is 0 Å². The van der Waals surface area contributed by atoms with Crippen LogP contribution in [0.25, 0.3) is 0 Å². The van der Waals surface area contributed by atoms with Crippen molar-refractivity contribution < 1.29 is 18.3 Å². The Balaban J connectivity index is 2.08. The lowest BCUT2D eigenvalue weighted by atomic mass is 10.1. The highest BCUT2D eigenvalue weighted by atomic mass is 35.5. The quantitative estimate of drug-likeness (QED) is 0.774. The van der Waals surface area contributed by atoms with Crippen molar-refractivity contribution in [3.8, 4) is 5.75 Å². The van der Waals surface area contributed by atoms with Gasteiger partial charge in [0.15, 0.2) is 6.61 Å². The topological polar surface area (TPSA) is 26.3 Å². The second-order valence-corrected chi connectivity index (χ2v) is 4.73. The normalized spacial score (nSPS) is 10.4. The Bertz CT molecular complexity index is 660. The lowest BCUT2D eigenvalue weighted by Gasteiger charge is -2.07. The van der Waals surface area contributed by atoms with Gasteiger partial charge in [-0.3, -0.25) is 4.79 Å². The van der Waals surface area contributed by atoms with Crippen LogP contribution in [0.3, 0.4) is 0 Å². The molecule has 2 aromatic rings. The second kappa shape index (κ2) is 6.20. The van der Waals surface area contributed by atoms with E-state index in [1.807, 2.05) is 0 Å². The van der Waals surface area contributed by atoms with Crippen molar-refractivity contribution in [2.45, 2.75) is 0 Å². The molecule has 0 amide bonds. The number of halogens is 4. The van der Waals surface area contributed by atoms with Gasteiger partial charge in [-0.15, -0.1) is 0 Å². The molecule has 0 N–H and O–H groups in total. The van der Waals surface area contributed by atoms with E-state index in [0.717, 1.165) is 18.2 Å². The summed E-state index contributed by atoms with van der Waals surface area (Å²) in [5, 5.41) is 0.620. The number of benzene rings is 2. The SMILES string of the molecule is O=C(COc1ccc(Cl)c(Cl)c1)c1cc(F)ccc1F. The van der Waals surface area contributed by atoms with E-state index in [2.05, 4.69) is 0 Å². The van der Waals surface area contributed by atoms with Crippen LogP contribution in [0.15, 0.2) is 36.4 Å². The van der Waals surface area contributed by atoms with Crippen molar-refractivity contribution in [1.29, 1.82) is 0 Å². The number of rotatable bonds is 4. The molecule has 0 spiro atoms. The fraction of sp³-hybridized carbons (Fsp3) is 0.0714. The van der Waals surface area contributed by atoms with Crippen LogP contribution in [0.1, 0.15) is 10.4 Å². The molecule has 0 saturated heterocycles. The summed E-state index contributed by atoms with van der Waals surface area (Å²) < 4.78 is 31.5. The minimum Gasteiger partial charge on any atom is -0.485 e. The predicted octanol–water partition coefficient (Wildman–Crippen LogP) is 4.53. The van der Waals surface area contributed by atoms with Crippen molar-refractivity contribution in [1.82, 2.24) is 0 Å². The van der Waals surface area contributed by atoms with Crippen LogP contribution in [0.5, 0.6) is 5.75 Å². The van der Waals surface area contributed by atoms with Crippen LogP contribution < -0.4 is 4.74 Å². The molecule has 0 aromatic heterocycles. The molecule has 0 heterocycles. The van der Waals surface area contributed by atoms with Crippen LogP contribution in [-0.2, 0) is 0 Å². The van der Waals surface area contributed by atoms with Crippen LogP contribution in [0.2, 0.25) is 10.0 Å². The van der Waals surface area contributed by atoms with Gasteiger partial charge in [-0.05, 0) is 30.3 Å². The third-order valence-corrected chi connectivity index (χ3v) is 3.23. The van der Waals surface area contributed by atoms with Crippen molar-refractivity contribution in [3.05, 3.63) is 63.6 Å². The molecule has 0 saturated carbocycles. The van der Waals surface area contributed by atoms with Crippen LogP contribution in [0.4, 0.5) is 8.78 Å². The first-order valence-corrected chi connectivity index (χ1v) is 6.29. The Kier molecular flexibility index (Phi) is 4.57. The van der Waals surface area contributed by atoms with Crippen molar-refractivity contribution >= 4 is 29.0 Å². The van der Waals surface area contributed by atoms with Gasteiger partial charge in [-0.25, -0.2) is 8.78 Å². The van der Waals surface area contributed by atoms with E-state index in [1.54, 1.807) is 0 Å². The monoisotopic (exact) mass is 316 g/mol. The number of carbonyl (C=O) groups is 1. The summed E-state index contributed by atoms with van der Waals surface area (Å²) in [5.74, 6) is -1.85. The van der Waals surface area contributed by atoms with Crippen molar-refractivity contribution in [3.63, 3.8) is 0 Å². The maximum atomic E-state index is 13.4. The van der Waals surface area contributed by atoms with Crippen LogP contribution in [-0.4, -0.2) is 12.4 Å². The van der Waals surface area contributed by atoms with E-state index < -0.39 is 24.0 Å². The highest BCUT2D eigenvalue weighted by Crippen LogP contribution is 2.26. The van der Waals surface area contributed by atoms with E-state index >= 15 is 0 Å². The Hall–Kier alpha value is -1.65. The molecule has 0 radical (unpaired) electrons. The number of ketones is 1. The van der Waals surface area contributed by atoms with Gasteiger partial charge in [-0.2, -0.15) is 0 Å². The summed E-state index contributed by atoms with van der Waals surface area (Å²) in [7, 11) is 0. The summed E-state index contributed by atoms with van der Waals surface area (Å²) in [4.78, 5) is 11.8. The first kappa shape index (κ1) is 14.8. The van der Waals surface area contributed by atoms with Crippen molar-refractivity contribution in [2.75, 3.05) is 6.61 Å². The molecule has 2 nitrogen and oxygen atoms in total. The van der Waals surface area contributed by atoms with Gasteiger partial charge in [0.1, 0.15) is 17.4 Å². The number of ether oxygens (including phenoxy) is 1. The standard InChI is InChI=1S/C14H8Cl2F2O2/c15-11-3-2-9(6-12(11)16)20-7-14(19)10-5-8(17)1-4-13(10)18/h1-6H,7H2. The smallest absolute Gasteiger partial charge is 0.203 e. The molecule has 2 aromatic carbocycles. The maximum absolute atomic E-state index is 13.4. The highest BCUT2D eigenvalue weighted by Gasteiger charge is 2.13. The van der Waals surface area contributed by atoms with E-state index in [1.165, 1.54) is 18.2 Å². The summed E-state index contributed by atoms with van der Waals surface area (Å²) in [6.45, 7) is -0.432. The third kappa shape index (κ3) is 3.46. The summed E-state index contributed by atoms with van der Waals surface area (Å²) in [6, 6.07) is 7.11. The number of hydrogen-bond donors (Lipinski definition) is 0. The lowest BCUT2D eigenvalue weighted by molar-refractivity contribution is 0.0917.